The van der Waals surface area contributed by atoms with Gasteiger partial charge in [-0.15, -0.1) is 0 Å². The van der Waals surface area contributed by atoms with Gasteiger partial charge < -0.3 is 24.2 Å². The normalized spacial score (nSPS) is 14.6. The van der Waals surface area contributed by atoms with Crippen molar-refractivity contribution in [2.45, 2.75) is 70.8 Å². The number of carboxylic acid groups (broad SMARTS) is 1. The minimum absolute atomic E-state index is 0.172. The van der Waals surface area contributed by atoms with Crippen LogP contribution < -0.4 is 9.47 Å². The van der Waals surface area contributed by atoms with Gasteiger partial charge >= 0.3 is 12.1 Å². The molecule has 1 aliphatic carbocycles. The first-order valence-electron chi connectivity index (χ1n) is 13.7. The van der Waals surface area contributed by atoms with E-state index in [1.807, 2.05) is 12.1 Å². The SMILES string of the molecule is CCOC(Cc1ccc(OCCN(CCCCC2CCCCC2)C(=O)Oc2cccc(F)c2)cc1)C(=O)O. The van der Waals surface area contributed by atoms with Crippen molar-refractivity contribution in [3.05, 3.63) is 59.9 Å². The Kier molecular flexibility index (Phi) is 12.4. The van der Waals surface area contributed by atoms with Gasteiger partial charge in [-0.1, -0.05) is 63.1 Å². The molecule has 7 nitrogen and oxygen atoms in total. The van der Waals surface area contributed by atoms with E-state index in [0.29, 0.717) is 25.4 Å². The second-order valence-corrected chi connectivity index (χ2v) is 9.79. The van der Waals surface area contributed by atoms with Gasteiger partial charge in [0.15, 0.2) is 6.10 Å². The van der Waals surface area contributed by atoms with E-state index in [4.69, 9.17) is 14.2 Å². The van der Waals surface area contributed by atoms with E-state index in [1.54, 1.807) is 30.0 Å². The maximum atomic E-state index is 13.5. The molecule has 1 aliphatic rings. The molecule has 1 N–H and O–H groups in total. The molecule has 0 spiro atoms. The van der Waals surface area contributed by atoms with Crippen molar-refractivity contribution in [3.63, 3.8) is 0 Å². The average molecular weight is 530 g/mol. The predicted octanol–water partition coefficient (Wildman–Crippen LogP) is 6.49. The summed E-state index contributed by atoms with van der Waals surface area (Å²) in [5.74, 6) is 0.133. The maximum absolute atomic E-state index is 13.5. The lowest BCUT2D eigenvalue weighted by molar-refractivity contribution is -0.149. The molecule has 8 heteroatoms. The third-order valence-corrected chi connectivity index (χ3v) is 6.89. The van der Waals surface area contributed by atoms with Crippen LogP contribution in [0.15, 0.2) is 48.5 Å². The van der Waals surface area contributed by atoms with Crippen LogP contribution in [0.3, 0.4) is 0 Å². The summed E-state index contributed by atoms with van der Waals surface area (Å²) in [7, 11) is 0. The summed E-state index contributed by atoms with van der Waals surface area (Å²) in [5, 5.41) is 9.27. The zero-order valence-corrected chi connectivity index (χ0v) is 22.3. The Bertz CT molecular complexity index is 992. The molecular weight excluding hydrogens is 489 g/mol. The van der Waals surface area contributed by atoms with Gasteiger partial charge in [-0.2, -0.15) is 0 Å². The van der Waals surface area contributed by atoms with E-state index in [-0.39, 0.29) is 18.8 Å². The highest BCUT2D eigenvalue weighted by atomic mass is 19.1. The lowest BCUT2D eigenvalue weighted by Crippen LogP contribution is -2.37. The highest BCUT2D eigenvalue weighted by Gasteiger charge is 2.19. The highest BCUT2D eigenvalue weighted by Crippen LogP contribution is 2.27. The summed E-state index contributed by atoms with van der Waals surface area (Å²) in [6, 6.07) is 12.7. The number of carbonyl (C=O) groups excluding carboxylic acids is 1. The molecule has 0 aliphatic heterocycles. The predicted molar refractivity (Wildman–Crippen MR) is 143 cm³/mol. The summed E-state index contributed by atoms with van der Waals surface area (Å²) in [6.07, 6.45) is 8.56. The zero-order valence-electron chi connectivity index (χ0n) is 22.3. The minimum atomic E-state index is -0.990. The Labute approximate surface area is 224 Å². The fraction of sp³-hybridized carbons (Fsp3) is 0.533. The maximum Gasteiger partial charge on any atom is 0.415 e. The number of hydrogen-bond acceptors (Lipinski definition) is 5. The summed E-state index contributed by atoms with van der Waals surface area (Å²) in [6.45, 7) is 3.22. The number of unbranched alkanes of at least 4 members (excludes halogenated alkanes) is 1. The number of rotatable bonds is 15. The standard InChI is InChI=1S/C30H40FNO6/c1-2-36-28(29(33)34)21-24-14-16-26(17-15-24)37-20-19-32(18-7-6-11-23-9-4-3-5-10-23)30(35)38-27-13-8-12-25(31)22-27/h8,12-17,22-23,28H,2-7,9-11,18-21H2,1H3,(H,33,34). The van der Waals surface area contributed by atoms with Crippen LogP contribution in [0.5, 0.6) is 11.5 Å². The van der Waals surface area contributed by atoms with Gasteiger partial charge in [0, 0.05) is 25.6 Å². The van der Waals surface area contributed by atoms with Crippen LogP contribution in [-0.2, 0) is 16.0 Å². The number of nitrogens with zero attached hydrogens (tertiary/aromatic N) is 1. The first-order valence-corrected chi connectivity index (χ1v) is 13.7. The van der Waals surface area contributed by atoms with Crippen LogP contribution in [0, 0.1) is 11.7 Å². The van der Waals surface area contributed by atoms with E-state index >= 15 is 0 Å². The van der Waals surface area contributed by atoms with Crippen LogP contribution in [0.1, 0.15) is 63.9 Å². The fourth-order valence-corrected chi connectivity index (χ4v) is 4.83. The second kappa shape index (κ2) is 16.0. The number of carbonyl (C=O) groups is 2. The molecule has 38 heavy (non-hydrogen) atoms. The minimum Gasteiger partial charge on any atom is -0.492 e. The number of halogens is 1. The molecule has 1 saturated carbocycles. The molecule has 1 unspecified atom stereocenters. The van der Waals surface area contributed by atoms with Crippen LogP contribution in [0.25, 0.3) is 0 Å². The lowest BCUT2D eigenvalue weighted by atomic mass is 9.86. The van der Waals surface area contributed by atoms with Crippen LogP contribution in [0.2, 0.25) is 0 Å². The second-order valence-electron chi connectivity index (χ2n) is 9.79. The molecule has 2 aromatic rings. The Balaban J connectivity index is 1.51. The van der Waals surface area contributed by atoms with E-state index in [1.165, 1.54) is 56.7 Å². The summed E-state index contributed by atoms with van der Waals surface area (Å²) in [5.41, 5.74) is 0.830. The average Bonchev–Trinajstić information content (AvgIpc) is 2.91. The molecule has 0 aromatic heterocycles. The van der Waals surface area contributed by atoms with Crippen molar-refractivity contribution in [2.75, 3.05) is 26.3 Å². The van der Waals surface area contributed by atoms with Crippen molar-refractivity contribution >= 4 is 12.1 Å². The molecule has 1 amide bonds. The molecule has 0 heterocycles. The van der Waals surface area contributed by atoms with Crippen molar-refractivity contribution in [3.8, 4) is 11.5 Å². The van der Waals surface area contributed by atoms with Crippen molar-refractivity contribution in [2.24, 2.45) is 5.92 Å². The summed E-state index contributed by atoms with van der Waals surface area (Å²) < 4.78 is 30.1. The number of aliphatic carboxylic acids is 1. The Morgan fingerprint density at radius 2 is 1.79 bits per heavy atom. The summed E-state index contributed by atoms with van der Waals surface area (Å²) >= 11 is 0. The lowest BCUT2D eigenvalue weighted by Gasteiger charge is -2.24. The molecule has 208 valence electrons. The fourth-order valence-electron chi connectivity index (χ4n) is 4.83. The van der Waals surface area contributed by atoms with E-state index < -0.39 is 24.0 Å². The Morgan fingerprint density at radius 3 is 2.47 bits per heavy atom. The van der Waals surface area contributed by atoms with Gasteiger partial charge in [0.1, 0.15) is 23.9 Å². The summed E-state index contributed by atoms with van der Waals surface area (Å²) in [4.78, 5) is 25.8. The van der Waals surface area contributed by atoms with Gasteiger partial charge in [0.05, 0.1) is 6.54 Å². The Morgan fingerprint density at radius 1 is 1.03 bits per heavy atom. The highest BCUT2D eigenvalue weighted by molar-refractivity contribution is 5.72. The zero-order chi connectivity index (χ0) is 27.2. The monoisotopic (exact) mass is 529 g/mol. The van der Waals surface area contributed by atoms with Crippen LogP contribution in [0.4, 0.5) is 9.18 Å². The van der Waals surface area contributed by atoms with Gasteiger partial charge in [-0.05, 0) is 49.1 Å². The molecule has 0 bridgehead atoms. The van der Waals surface area contributed by atoms with Gasteiger partial charge in [0.2, 0.25) is 0 Å². The van der Waals surface area contributed by atoms with Gasteiger partial charge in [-0.3, -0.25) is 0 Å². The number of ether oxygens (including phenoxy) is 3. The topological polar surface area (TPSA) is 85.3 Å². The third kappa shape index (κ3) is 10.3. The van der Waals surface area contributed by atoms with Gasteiger partial charge in [0.25, 0.3) is 0 Å². The molecular formula is C30H40FNO6. The Hall–Kier alpha value is -3.13. The molecule has 1 atom stereocenters. The van der Waals surface area contributed by atoms with E-state index in [0.717, 1.165) is 24.3 Å². The number of benzene rings is 2. The number of amides is 1. The number of carboxylic acids is 1. The van der Waals surface area contributed by atoms with Crippen LogP contribution >= 0.6 is 0 Å². The molecule has 0 saturated heterocycles. The molecule has 3 rings (SSSR count). The van der Waals surface area contributed by atoms with Crippen molar-refractivity contribution in [1.82, 2.24) is 4.90 Å². The van der Waals surface area contributed by atoms with E-state index in [9.17, 15) is 19.1 Å². The third-order valence-electron chi connectivity index (χ3n) is 6.89. The molecule has 2 aromatic carbocycles. The van der Waals surface area contributed by atoms with Gasteiger partial charge in [-0.25, -0.2) is 14.0 Å². The van der Waals surface area contributed by atoms with E-state index in [2.05, 4.69) is 0 Å². The van der Waals surface area contributed by atoms with Crippen molar-refractivity contribution < 1.29 is 33.3 Å². The first-order chi connectivity index (χ1) is 18.4. The molecule has 0 radical (unpaired) electrons. The quantitative estimate of drug-likeness (QED) is 0.266. The first kappa shape index (κ1) is 29.4. The number of hydrogen-bond donors (Lipinski definition) is 1. The molecule has 1 fully saturated rings. The van der Waals surface area contributed by atoms with Crippen molar-refractivity contribution in [1.29, 1.82) is 0 Å². The van der Waals surface area contributed by atoms with Crippen LogP contribution in [-0.4, -0.2) is 54.5 Å². The smallest absolute Gasteiger partial charge is 0.415 e. The largest absolute Gasteiger partial charge is 0.492 e.